The molecule has 0 amide bonds. The standard InChI is InChI=1S/C14H13Cl2N3/c1-9-14(16)13(18(2)17-9)8-19-6-5-10-7-11(15)3-4-12(10)19/h3-7H,8H2,1-2H3. The quantitative estimate of drug-likeness (QED) is 0.699. The van der Waals surface area contributed by atoms with Gasteiger partial charge in [0, 0.05) is 29.2 Å². The second kappa shape index (κ2) is 4.58. The summed E-state index contributed by atoms with van der Waals surface area (Å²) < 4.78 is 3.98. The van der Waals surface area contributed by atoms with E-state index in [-0.39, 0.29) is 0 Å². The zero-order chi connectivity index (χ0) is 13.6. The van der Waals surface area contributed by atoms with Crippen molar-refractivity contribution in [2.24, 2.45) is 7.05 Å². The molecule has 0 saturated heterocycles. The zero-order valence-corrected chi connectivity index (χ0v) is 12.2. The largest absolute Gasteiger partial charge is 0.341 e. The van der Waals surface area contributed by atoms with Crippen LogP contribution in [-0.2, 0) is 13.6 Å². The summed E-state index contributed by atoms with van der Waals surface area (Å²) in [6, 6.07) is 7.94. The average molecular weight is 294 g/mol. The number of nitrogens with zero attached hydrogens (tertiary/aromatic N) is 3. The Labute approximate surface area is 121 Å². The number of rotatable bonds is 2. The first-order valence-corrected chi connectivity index (χ1v) is 6.74. The number of hydrogen-bond acceptors (Lipinski definition) is 1. The van der Waals surface area contributed by atoms with Crippen LogP contribution in [0.15, 0.2) is 30.5 Å². The number of halogens is 2. The molecule has 1 aromatic carbocycles. The monoisotopic (exact) mass is 293 g/mol. The Morgan fingerprint density at radius 1 is 1.21 bits per heavy atom. The second-order valence-electron chi connectivity index (χ2n) is 4.62. The lowest BCUT2D eigenvalue weighted by atomic mass is 10.2. The molecule has 2 heterocycles. The van der Waals surface area contributed by atoms with Crippen molar-refractivity contribution in [2.75, 3.05) is 0 Å². The molecule has 19 heavy (non-hydrogen) atoms. The van der Waals surface area contributed by atoms with Crippen LogP contribution in [0.2, 0.25) is 10.0 Å². The van der Waals surface area contributed by atoms with Crippen molar-refractivity contribution in [3.63, 3.8) is 0 Å². The van der Waals surface area contributed by atoms with Gasteiger partial charge < -0.3 is 4.57 Å². The van der Waals surface area contributed by atoms with Crippen LogP contribution in [0, 0.1) is 6.92 Å². The molecule has 0 aliphatic carbocycles. The lowest BCUT2D eigenvalue weighted by molar-refractivity contribution is 0.673. The Balaban J connectivity index is 2.06. The molecule has 0 fully saturated rings. The summed E-state index contributed by atoms with van der Waals surface area (Å²) in [5.74, 6) is 0. The topological polar surface area (TPSA) is 22.8 Å². The van der Waals surface area contributed by atoms with Crippen LogP contribution in [0.3, 0.4) is 0 Å². The molecule has 0 aliphatic heterocycles. The molecule has 5 heteroatoms. The normalized spacial score (nSPS) is 11.4. The van der Waals surface area contributed by atoms with E-state index >= 15 is 0 Å². The van der Waals surface area contributed by atoms with Gasteiger partial charge in [-0.15, -0.1) is 0 Å². The van der Waals surface area contributed by atoms with Crippen molar-refractivity contribution in [3.8, 4) is 0 Å². The first-order chi connectivity index (χ1) is 9.06. The van der Waals surface area contributed by atoms with Gasteiger partial charge >= 0.3 is 0 Å². The van der Waals surface area contributed by atoms with E-state index in [1.165, 1.54) is 0 Å². The van der Waals surface area contributed by atoms with Crippen molar-refractivity contribution in [1.82, 2.24) is 14.3 Å². The fraction of sp³-hybridized carbons (Fsp3) is 0.214. The van der Waals surface area contributed by atoms with Crippen molar-refractivity contribution in [2.45, 2.75) is 13.5 Å². The maximum atomic E-state index is 6.29. The lowest BCUT2D eigenvalue weighted by Crippen LogP contribution is -2.04. The summed E-state index contributed by atoms with van der Waals surface area (Å²) >= 11 is 12.3. The highest BCUT2D eigenvalue weighted by Gasteiger charge is 2.12. The molecular weight excluding hydrogens is 281 g/mol. The van der Waals surface area contributed by atoms with Gasteiger partial charge in [-0.05, 0) is 31.2 Å². The van der Waals surface area contributed by atoms with E-state index in [0.29, 0.717) is 6.54 Å². The molecule has 3 aromatic rings. The van der Waals surface area contributed by atoms with Gasteiger partial charge in [0.2, 0.25) is 0 Å². The molecule has 0 unspecified atom stereocenters. The maximum absolute atomic E-state index is 6.29. The van der Waals surface area contributed by atoms with E-state index in [1.54, 1.807) is 0 Å². The van der Waals surface area contributed by atoms with Crippen molar-refractivity contribution >= 4 is 34.1 Å². The minimum absolute atomic E-state index is 0.696. The van der Waals surface area contributed by atoms with E-state index in [2.05, 4.69) is 15.7 Å². The first-order valence-electron chi connectivity index (χ1n) is 5.98. The van der Waals surface area contributed by atoms with Crippen LogP contribution in [0.25, 0.3) is 10.9 Å². The Kier molecular flexibility index (Phi) is 3.03. The van der Waals surface area contributed by atoms with Gasteiger partial charge in [0.25, 0.3) is 0 Å². The molecule has 98 valence electrons. The third-order valence-corrected chi connectivity index (χ3v) is 4.04. The SMILES string of the molecule is Cc1nn(C)c(Cn2ccc3cc(Cl)ccc32)c1Cl. The third-order valence-electron chi connectivity index (χ3n) is 3.31. The van der Waals surface area contributed by atoms with E-state index in [9.17, 15) is 0 Å². The Hall–Kier alpha value is -1.45. The van der Waals surface area contributed by atoms with Gasteiger partial charge in [0.1, 0.15) is 0 Å². The van der Waals surface area contributed by atoms with Gasteiger partial charge in [-0.25, -0.2) is 0 Å². The van der Waals surface area contributed by atoms with Crippen LogP contribution in [0.5, 0.6) is 0 Å². The molecule has 0 atom stereocenters. The summed E-state index contributed by atoms with van der Waals surface area (Å²) in [5.41, 5.74) is 3.00. The lowest BCUT2D eigenvalue weighted by Gasteiger charge is -2.07. The molecule has 0 bridgehead atoms. The van der Waals surface area contributed by atoms with E-state index in [4.69, 9.17) is 23.2 Å². The second-order valence-corrected chi connectivity index (χ2v) is 5.43. The Bertz CT molecular complexity index is 755. The molecule has 0 N–H and O–H groups in total. The minimum Gasteiger partial charge on any atom is -0.341 e. The maximum Gasteiger partial charge on any atom is 0.0865 e. The van der Waals surface area contributed by atoms with Gasteiger partial charge in [0.15, 0.2) is 0 Å². The predicted molar refractivity (Wildman–Crippen MR) is 79.0 cm³/mol. The molecule has 3 nitrogen and oxygen atoms in total. The minimum atomic E-state index is 0.696. The van der Waals surface area contributed by atoms with Crippen molar-refractivity contribution in [3.05, 3.63) is 51.9 Å². The summed E-state index contributed by atoms with van der Waals surface area (Å²) in [6.45, 7) is 2.61. The predicted octanol–water partition coefficient (Wildman–Crippen LogP) is 4.04. The molecule has 0 radical (unpaired) electrons. The highest BCUT2D eigenvalue weighted by atomic mass is 35.5. The molecule has 3 rings (SSSR count). The first kappa shape index (κ1) is 12.6. The number of aromatic nitrogens is 3. The molecule has 0 spiro atoms. The zero-order valence-electron chi connectivity index (χ0n) is 10.7. The molecule has 0 aliphatic rings. The summed E-state index contributed by atoms with van der Waals surface area (Å²) in [5, 5.41) is 6.95. The molecular formula is C14H13Cl2N3. The number of fused-ring (bicyclic) bond motifs is 1. The van der Waals surface area contributed by atoms with Crippen LogP contribution in [0.4, 0.5) is 0 Å². The van der Waals surface area contributed by atoms with Crippen LogP contribution in [0.1, 0.15) is 11.4 Å². The van der Waals surface area contributed by atoms with Crippen molar-refractivity contribution < 1.29 is 0 Å². The Morgan fingerprint density at radius 2 is 2.00 bits per heavy atom. The van der Waals surface area contributed by atoms with E-state index < -0.39 is 0 Å². The van der Waals surface area contributed by atoms with E-state index in [1.807, 2.05) is 43.0 Å². The number of benzene rings is 1. The number of aryl methyl sites for hydroxylation is 2. The molecule has 2 aromatic heterocycles. The number of hydrogen-bond donors (Lipinski definition) is 0. The highest BCUT2D eigenvalue weighted by Crippen LogP contribution is 2.24. The molecule has 0 saturated carbocycles. The van der Waals surface area contributed by atoms with Crippen LogP contribution >= 0.6 is 23.2 Å². The van der Waals surface area contributed by atoms with Crippen LogP contribution < -0.4 is 0 Å². The third kappa shape index (κ3) is 2.13. The van der Waals surface area contributed by atoms with Crippen LogP contribution in [-0.4, -0.2) is 14.3 Å². The fourth-order valence-electron chi connectivity index (χ4n) is 2.32. The van der Waals surface area contributed by atoms with Gasteiger partial charge in [0.05, 0.1) is 23.0 Å². The Morgan fingerprint density at radius 3 is 2.68 bits per heavy atom. The average Bonchev–Trinajstić information content (AvgIpc) is 2.86. The summed E-state index contributed by atoms with van der Waals surface area (Å²) in [7, 11) is 1.91. The van der Waals surface area contributed by atoms with Gasteiger partial charge in [-0.3, -0.25) is 4.68 Å². The van der Waals surface area contributed by atoms with Gasteiger partial charge in [-0.2, -0.15) is 5.10 Å². The summed E-state index contributed by atoms with van der Waals surface area (Å²) in [4.78, 5) is 0. The highest BCUT2D eigenvalue weighted by molar-refractivity contribution is 6.32. The van der Waals surface area contributed by atoms with Crippen molar-refractivity contribution in [1.29, 1.82) is 0 Å². The summed E-state index contributed by atoms with van der Waals surface area (Å²) in [6.07, 6.45) is 2.04. The fourth-order valence-corrected chi connectivity index (χ4v) is 2.72. The van der Waals surface area contributed by atoms with Gasteiger partial charge in [-0.1, -0.05) is 23.2 Å². The smallest absolute Gasteiger partial charge is 0.0865 e. The van der Waals surface area contributed by atoms with E-state index in [0.717, 1.165) is 32.3 Å².